The van der Waals surface area contributed by atoms with Gasteiger partial charge in [-0.25, -0.2) is 0 Å². The highest BCUT2D eigenvalue weighted by atomic mass is 16.2. The van der Waals surface area contributed by atoms with Gasteiger partial charge in [0.05, 0.1) is 0 Å². The largest absolute Gasteiger partial charge is 0.339 e. The van der Waals surface area contributed by atoms with Crippen molar-refractivity contribution in [1.29, 1.82) is 0 Å². The van der Waals surface area contributed by atoms with Gasteiger partial charge in [0, 0.05) is 19.2 Å². The van der Waals surface area contributed by atoms with E-state index in [4.69, 9.17) is 0 Å². The van der Waals surface area contributed by atoms with E-state index in [1.807, 2.05) is 30.9 Å². The topological polar surface area (TPSA) is 20.3 Å². The molecule has 0 spiro atoms. The average molecular weight is 179 g/mol. The first-order chi connectivity index (χ1) is 6.24. The minimum Gasteiger partial charge on any atom is -0.339 e. The normalized spacial score (nSPS) is 18.6. The van der Waals surface area contributed by atoms with E-state index in [0.29, 0.717) is 0 Å². The molecule has 72 valence electrons. The summed E-state index contributed by atoms with van der Waals surface area (Å²) in [4.78, 5) is 13.4. The molecule has 0 aromatic carbocycles. The Hall–Kier alpha value is -1.05. The van der Waals surface area contributed by atoms with Crippen LogP contribution in [0.2, 0.25) is 0 Å². The van der Waals surface area contributed by atoms with Gasteiger partial charge < -0.3 is 4.90 Å². The standard InChI is InChI=1S/C11H17NO/c1-3-10(2)6-7-11(13)12-8-4-5-9-12/h3,6-7H,4-5,8-9H2,1-2H3/b7-6+,10-3+. The molecule has 0 aliphatic carbocycles. The summed E-state index contributed by atoms with van der Waals surface area (Å²) in [5.41, 5.74) is 1.13. The molecule has 1 amide bonds. The lowest BCUT2D eigenvalue weighted by Crippen LogP contribution is -2.25. The third-order valence-electron chi connectivity index (χ3n) is 2.36. The fourth-order valence-electron chi connectivity index (χ4n) is 1.34. The van der Waals surface area contributed by atoms with Crippen LogP contribution in [0.25, 0.3) is 0 Å². The smallest absolute Gasteiger partial charge is 0.246 e. The Morgan fingerprint density at radius 3 is 2.38 bits per heavy atom. The molecule has 0 saturated carbocycles. The van der Waals surface area contributed by atoms with Crippen LogP contribution in [0.15, 0.2) is 23.8 Å². The molecule has 0 aromatic heterocycles. The van der Waals surface area contributed by atoms with Gasteiger partial charge in [0.2, 0.25) is 5.91 Å². The molecule has 0 unspecified atom stereocenters. The number of likely N-dealkylation sites (tertiary alicyclic amines) is 1. The molecule has 0 radical (unpaired) electrons. The summed E-state index contributed by atoms with van der Waals surface area (Å²) in [5.74, 6) is 0.152. The van der Waals surface area contributed by atoms with Crippen LogP contribution in [0.4, 0.5) is 0 Å². The maximum atomic E-state index is 11.5. The number of amides is 1. The molecule has 1 fully saturated rings. The summed E-state index contributed by atoms with van der Waals surface area (Å²) in [6.07, 6.45) is 7.85. The Kier molecular flexibility index (Phi) is 3.74. The van der Waals surface area contributed by atoms with Crippen molar-refractivity contribution in [2.24, 2.45) is 0 Å². The molecule has 1 rings (SSSR count). The second-order valence-electron chi connectivity index (χ2n) is 3.40. The molecule has 1 heterocycles. The first-order valence-electron chi connectivity index (χ1n) is 4.84. The van der Waals surface area contributed by atoms with Crippen LogP contribution in [-0.2, 0) is 4.79 Å². The van der Waals surface area contributed by atoms with Crippen molar-refractivity contribution >= 4 is 5.91 Å². The van der Waals surface area contributed by atoms with E-state index in [0.717, 1.165) is 31.5 Å². The zero-order valence-corrected chi connectivity index (χ0v) is 8.42. The number of hydrogen-bond acceptors (Lipinski definition) is 1. The molecular weight excluding hydrogens is 162 g/mol. The Labute approximate surface area is 79.9 Å². The Balaban J connectivity index is 2.44. The number of allylic oxidation sites excluding steroid dienone is 3. The number of carbonyl (C=O) groups is 1. The van der Waals surface area contributed by atoms with Crippen LogP contribution >= 0.6 is 0 Å². The third-order valence-corrected chi connectivity index (χ3v) is 2.36. The van der Waals surface area contributed by atoms with Crippen molar-refractivity contribution in [2.75, 3.05) is 13.1 Å². The van der Waals surface area contributed by atoms with Gasteiger partial charge in [-0.3, -0.25) is 4.79 Å². The van der Waals surface area contributed by atoms with Gasteiger partial charge >= 0.3 is 0 Å². The SMILES string of the molecule is C/C=C(C)/C=C/C(=O)N1CCCC1. The zero-order chi connectivity index (χ0) is 9.68. The number of nitrogens with zero attached hydrogens (tertiary/aromatic N) is 1. The second kappa shape index (κ2) is 4.85. The predicted molar refractivity (Wildman–Crippen MR) is 54.4 cm³/mol. The van der Waals surface area contributed by atoms with Crippen molar-refractivity contribution < 1.29 is 4.79 Å². The van der Waals surface area contributed by atoms with Crippen molar-refractivity contribution in [3.05, 3.63) is 23.8 Å². The molecule has 13 heavy (non-hydrogen) atoms. The van der Waals surface area contributed by atoms with Gasteiger partial charge in [-0.1, -0.05) is 17.7 Å². The molecule has 0 bridgehead atoms. The van der Waals surface area contributed by atoms with E-state index in [-0.39, 0.29) is 5.91 Å². The van der Waals surface area contributed by atoms with Crippen LogP contribution in [-0.4, -0.2) is 23.9 Å². The molecule has 2 nitrogen and oxygen atoms in total. The van der Waals surface area contributed by atoms with E-state index < -0.39 is 0 Å². The lowest BCUT2D eigenvalue weighted by Gasteiger charge is -2.11. The fraction of sp³-hybridized carbons (Fsp3) is 0.545. The number of carbonyl (C=O) groups excluding carboxylic acids is 1. The van der Waals surface area contributed by atoms with Crippen molar-refractivity contribution in [3.8, 4) is 0 Å². The minimum atomic E-state index is 0.152. The van der Waals surface area contributed by atoms with E-state index in [1.165, 1.54) is 0 Å². The maximum Gasteiger partial charge on any atom is 0.246 e. The summed E-state index contributed by atoms with van der Waals surface area (Å²) < 4.78 is 0. The lowest BCUT2D eigenvalue weighted by molar-refractivity contribution is -0.124. The van der Waals surface area contributed by atoms with Gasteiger partial charge in [0.15, 0.2) is 0 Å². The van der Waals surface area contributed by atoms with Crippen LogP contribution in [0.5, 0.6) is 0 Å². The molecule has 1 aliphatic heterocycles. The molecule has 2 heteroatoms. The lowest BCUT2D eigenvalue weighted by atomic mass is 10.2. The van der Waals surface area contributed by atoms with Gasteiger partial charge in [0.1, 0.15) is 0 Å². The third kappa shape index (κ3) is 3.05. The Morgan fingerprint density at radius 1 is 1.23 bits per heavy atom. The number of rotatable bonds is 2. The van der Waals surface area contributed by atoms with Crippen molar-refractivity contribution in [1.82, 2.24) is 4.90 Å². The summed E-state index contributed by atoms with van der Waals surface area (Å²) in [7, 11) is 0. The first kappa shape index (κ1) is 10.0. The van der Waals surface area contributed by atoms with Crippen molar-refractivity contribution in [3.63, 3.8) is 0 Å². The molecule has 1 saturated heterocycles. The highest BCUT2D eigenvalue weighted by Gasteiger charge is 2.14. The van der Waals surface area contributed by atoms with Crippen LogP contribution in [0.1, 0.15) is 26.7 Å². The fourth-order valence-corrected chi connectivity index (χ4v) is 1.34. The highest BCUT2D eigenvalue weighted by Crippen LogP contribution is 2.08. The monoisotopic (exact) mass is 179 g/mol. The van der Waals surface area contributed by atoms with Gasteiger partial charge in [-0.2, -0.15) is 0 Å². The molecule has 0 atom stereocenters. The predicted octanol–water partition coefficient (Wildman–Crippen LogP) is 2.13. The summed E-state index contributed by atoms with van der Waals surface area (Å²) in [6, 6.07) is 0. The average Bonchev–Trinajstić information content (AvgIpc) is 2.66. The molecule has 0 aromatic rings. The zero-order valence-electron chi connectivity index (χ0n) is 8.42. The van der Waals surface area contributed by atoms with Gasteiger partial charge in [-0.15, -0.1) is 0 Å². The summed E-state index contributed by atoms with van der Waals surface area (Å²) in [5, 5.41) is 0. The van der Waals surface area contributed by atoms with Gasteiger partial charge in [0.25, 0.3) is 0 Å². The molecular formula is C11H17NO. The Bertz CT molecular complexity index is 234. The maximum absolute atomic E-state index is 11.5. The van der Waals surface area contributed by atoms with Crippen LogP contribution in [0, 0.1) is 0 Å². The van der Waals surface area contributed by atoms with E-state index in [2.05, 4.69) is 0 Å². The quantitative estimate of drug-likeness (QED) is 0.469. The second-order valence-corrected chi connectivity index (χ2v) is 3.40. The highest BCUT2D eigenvalue weighted by molar-refractivity contribution is 5.88. The Morgan fingerprint density at radius 2 is 1.85 bits per heavy atom. The summed E-state index contributed by atoms with van der Waals surface area (Å²) in [6.45, 7) is 5.82. The van der Waals surface area contributed by atoms with E-state index in [1.54, 1.807) is 6.08 Å². The van der Waals surface area contributed by atoms with Gasteiger partial charge in [-0.05, 0) is 26.7 Å². The van der Waals surface area contributed by atoms with Crippen molar-refractivity contribution in [2.45, 2.75) is 26.7 Å². The van der Waals surface area contributed by atoms with E-state index >= 15 is 0 Å². The molecule has 0 N–H and O–H groups in total. The minimum absolute atomic E-state index is 0.152. The van der Waals surface area contributed by atoms with Crippen LogP contribution < -0.4 is 0 Å². The first-order valence-corrected chi connectivity index (χ1v) is 4.84. The van der Waals surface area contributed by atoms with Crippen LogP contribution in [0.3, 0.4) is 0 Å². The molecule has 1 aliphatic rings. The van der Waals surface area contributed by atoms with E-state index in [9.17, 15) is 4.79 Å². The number of hydrogen-bond donors (Lipinski definition) is 0. The summed E-state index contributed by atoms with van der Waals surface area (Å²) >= 11 is 0.